The van der Waals surface area contributed by atoms with Gasteiger partial charge < -0.3 is 14.5 Å². The van der Waals surface area contributed by atoms with Crippen molar-refractivity contribution in [2.45, 2.75) is 46.3 Å². The van der Waals surface area contributed by atoms with Gasteiger partial charge in [-0.15, -0.1) is 11.3 Å². The maximum atomic E-state index is 12.7. The second kappa shape index (κ2) is 7.49. The molecule has 2 aliphatic rings. The van der Waals surface area contributed by atoms with Crippen LogP contribution in [-0.4, -0.2) is 53.5 Å². The van der Waals surface area contributed by atoms with E-state index in [2.05, 4.69) is 11.4 Å². The van der Waals surface area contributed by atoms with Crippen LogP contribution in [0.2, 0.25) is 0 Å². The molecule has 0 unspecified atom stereocenters. The van der Waals surface area contributed by atoms with Gasteiger partial charge in [0.2, 0.25) is 5.91 Å². The van der Waals surface area contributed by atoms with E-state index in [-0.39, 0.29) is 23.5 Å². The van der Waals surface area contributed by atoms with Gasteiger partial charge in [0.15, 0.2) is 0 Å². The molecule has 146 valence electrons. The predicted octanol–water partition coefficient (Wildman–Crippen LogP) is 2.80. The number of nitrogens with one attached hydrogen (secondary N) is 1. The highest BCUT2D eigenvalue weighted by Crippen LogP contribution is 2.40. The minimum Gasteiger partial charge on any atom is -0.370 e. The van der Waals surface area contributed by atoms with Crippen molar-refractivity contribution in [3.8, 4) is 6.07 Å². The third-order valence-electron chi connectivity index (χ3n) is 4.99. The van der Waals surface area contributed by atoms with E-state index in [1.807, 2.05) is 27.7 Å². The summed E-state index contributed by atoms with van der Waals surface area (Å²) in [5, 5.41) is 13.1. The molecule has 0 saturated carbocycles. The Balaban J connectivity index is 1.67. The van der Waals surface area contributed by atoms with E-state index in [0.29, 0.717) is 49.8 Å². The standard InChI is InChI=1S/C19H26N4O3S/c1-12(2)17(24)22-5-7-23(8-6-22)18(25)21-16-14(10-20)13-9-19(3,4)26-11-15(13)27-16/h12H,5-9,11H2,1-4H3,(H,21,25). The Kier molecular flexibility index (Phi) is 5.45. The molecule has 1 fully saturated rings. The summed E-state index contributed by atoms with van der Waals surface area (Å²) < 4.78 is 5.82. The van der Waals surface area contributed by atoms with E-state index in [9.17, 15) is 14.9 Å². The first kappa shape index (κ1) is 19.6. The molecule has 3 heterocycles. The number of rotatable bonds is 2. The molecule has 3 amide bonds. The molecule has 0 aromatic carbocycles. The summed E-state index contributed by atoms with van der Waals surface area (Å²) >= 11 is 1.42. The Labute approximate surface area is 163 Å². The molecule has 3 rings (SSSR count). The van der Waals surface area contributed by atoms with Crippen LogP contribution in [0.15, 0.2) is 0 Å². The number of carbonyl (C=O) groups excluding carboxylic acids is 2. The first-order valence-corrected chi connectivity index (χ1v) is 10.1. The SMILES string of the molecule is CC(C)C(=O)N1CCN(C(=O)Nc2sc3c(c2C#N)CC(C)(C)OC3)CC1. The van der Waals surface area contributed by atoms with Crippen molar-refractivity contribution in [3.05, 3.63) is 16.0 Å². The largest absolute Gasteiger partial charge is 0.370 e. The number of ether oxygens (including phenoxy) is 1. The molecule has 0 aliphatic carbocycles. The number of hydrogen-bond donors (Lipinski definition) is 1. The fourth-order valence-electron chi connectivity index (χ4n) is 3.43. The molecule has 27 heavy (non-hydrogen) atoms. The second-order valence-electron chi connectivity index (χ2n) is 7.94. The number of anilines is 1. The van der Waals surface area contributed by atoms with Gasteiger partial charge in [0.1, 0.15) is 11.1 Å². The van der Waals surface area contributed by atoms with Crippen LogP contribution in [0.3, 0.4) is 0 Å². The Hall–Kier alpha value is -2.11. The Morgan fingerprint density at radius 1 is 1.22 bits per heavy atom. The monoisotopic (exact) mass is 390 g/mol. The van der Waals surface area contributed by atoms with Crippen molar-refractivity contribution in [2.24, 2.45) is 5.92 Å². The first-order chi connectivity index (χ1) is 12.7. The lowest BCUT2D eigenvalue weighted by Gasteiger charge is -2.35. The van der Waals surface area contributed by atoms with Crippen molar-refractivity contribution < 1.29 is 14.3 Å². The van der Waals surface area contributed by atoms with Crippen LogP contribution in [0.1, 0.15) is 43.7 Å². The fraction of sp³-hybridized carbons (Fsp3) is 0.632. The fourth-order valence-corrected chi connectivity index (χ4v) is 4.50. The molecule has 1 aromatic rings. The average Bonchev–Trinajstić information content (AvgIpc) is 2.96. The molecule has 0 spiro atoms. The summed E-state index contributed by atoms with van der Waals surface area (Å²) in [5.74, 6) is 0.0860. The number of urea groups is 1. The lowest BCUT2D eigenvalue weighted by atomic mass is 9.93. The summed E-state index contributed by atoms with van der Waals surface area (Å²) in [6.07, 6.45) is 0.660. The van der Waals surface area contributed by atoms with Crippen LogP contribution >= 0.6 is 11.3 Å². The van der Waals surface area contributed by atoms with E-state index in [0.717, 1.165) is 10.4 Å². The number of piperazine rings is 1. The van der Waals surface area contributed by atoms with Crippen LogP contribution in [0, 0.1) is 17.2 Å². The normalized spacial score (nSPS) is 18.8. The number of fused-ring (bicyclic) bond motifs is 1. The van der Waals surface area contributed by atoms with E-state index >= 15 is 0 Å². The van der Waals surface area contributed by atoms with E-state index < -0.39 is 0 Å². The van der Waals surface area contributed by atoms with E-state index in [4.69, 9.17) is 4.74 Å². The van der Waals surface area contributed by atoms with Crippen molar-refractivity contribution in [3.63, 3.8) is 0 Å². The third-order valence-corrected chi connectivity index (χ3v) is 6.11. The summed E-state index contributed by atoms with van der Waals surface area (Å²) in [6.45, 7) is 10.3. The lowest BCUT2D eigenvalue weighted by Crippen LogP contribution is -2.52. The van der Waals surface area contributed by atoms with E-state index in [1.165, 1.54) is 11.3 Å². The minimum atomic E-state index is -0.305. The highest BCUT2D eigenvalue weighted by atomic mass is 32.1. The summed E-state index contributed by atoms with van der Waals surface area (Å²) in [7, 11) is 0. The average molecular weight is 391 g/mol. The minimum absolute atomic E-state index is 0.0347. The zero-order chi connectivity index (χ0) is 19.8. The van der Waals surface area contributed by atoms with Gasteiger partial charge in [0.25, 0.3) is 0 Å². The number of thiophene rings is 1. The lowest BCUT2D eigenvalue weighted by molar-refractivity contribution is -0.135. The summed E-state index contributed by atoms with van der Waals surface area (Å²) in [6, 6.07) is 2.03. The Morgan fingerprint density at radius 2 is 1.85 bits per heavy atom. The van der Waals surface area contributed by atoms with Crippen LogP contribution in [0.5, 0.6) is 0 Å². The summed E-state index contributed by atoms with van der Waals surface area (Å²) in [4.78, 5) is 29.2. The summed E-state index contributed by atoms with van der Waals surface area (Å²) in [5.41, 5.74) is 1.23. The molecule has 1 saturated heterocycles. The highest BCUT2D eigenvalue weighted by Gasteiger charge is 2.32. The van der Waals surface area contributed by atoms with Gasteiger partial charge in [0.05, 0.1) is 17.8 Å². The molecule has 0 bridgehead atoms. The smallest absolute Gasteiger partial charge is 0.322 e. The van der Waals surface area contributed by atoms with Crippen molar-refractivity contribution in [2.75, 3.05) is 31.5 Å². The third kappa shape index (κ3) is 4.09. The highest BCUT2D eigenvalue weighted by molar-refractivity contribution is 7.16. The molecule has 1 N–H and O–H groups in total. The molecule has 7 nitrogen and oxygen atoms in total. The maximum absolute atomic E-state index is 12.7. The number of nitriles is 1. The number of nitrogens with zero attached hydrogens (tertiary/aromatic N) is 3. The van der Waals surface area contributed by atoms with Gasteiger partial charge in [-0.3, -0.25) is 10.1 Å². The Bertz CT molecular complexity index is 786. The molecular formula is C19H26N4O3S. The second-order valence-corrected chi connectivity index (χ2v) is 9.05. The van der Waals surface area contributed by atoms with Gasteiger partial charge in [0, 0.05) is 43.4 Å². The molecule has 0 radical (unpaired) electrons. The van der Waals surface area contributed by atoms with Crippen molar-refractivity contribution >= 4 is 28.3 Å². The molecular weight excluding hydrogens is 364 g/mol. The molecule has 2 aliphatic heterocycles. The van der Waals surface area contributed by atoms with E-state index in [1.54, 1.807) is 9.80 Å². The van der Waals surface area contributed by atoms with Gasteiger partial charge in [-0.25, -0.2) is 4.79 Å². The van der Waals surface area contributed by atoms with Crippen LogP contribution in [0.4, 0.5) is 9.80 Å². The van der Waals surface area contributed by atoms with Gasteiger partial charge in [-0.05, 0) is 19.4 Å². The van der Waals surface area contributed by atoms with Gasteiger partial charge in [-0.1, -0.05) is 13.8 Å². The van der Waals surface area contributed by atoms with Gasteiger partial charge in [-0.2, -0.15) is 5.26 Å². The number of amides is 3. The predicted molar refractivity (Wildman–Crippen MR) is 104 cm³/mol. The molecule has 1 aromatic heterocycles. The number of hydrogen-bond acceptors (Lipinski definition) is 5. The van der Waals surface area contributed by atoms with Gasteiger partial charge >= 0.3 is 6.03 Å². The van der Waals surface area contributed by atoms with Crippen LogP contribution in [0.25, 0.3) is 0 Å². The topological polar surface area (TPSA) is 85.7 Å². The van der Waals surface area contributed by atoms with Crippen molar-refractivity contribution in [1.29, 1.82) is 5.26 Å². The zero-order valence-electron chi connectivity index (χ0n) is 16.3. The van der Waals surface area contributed by atoms with Crippen LogP contribution < -0.4 is 5.32 Å². The molecule has 0 atom stereocenters. The first-order valence-electron chi connectivity index (χ1n) is 9.25. The van der Waals surface area contributed by atoms with Crippen molar-refractivity contribution in [1.82, 2.24) is 9.80 Å². The number of carbonyl (C=O) groups is 2. The Morgan fingerprint density at radius 3 is 2.44 bits per heavy atom. The maximum Gasteiger partial charge on any atom is 0.322 e. The van der Waals surface area contributed by atoms with Crippen LogP contribution in [-0.2, 0) is 22.6 Å². The quantitative estimate of drug-likeness (QED) is 0.841. The zero-order valence-corrected chi connectivity index (χ0v) is 17.1. The molecule has 8 heteroatoms.